The standard InChI is InChI=1S/C12H14BrFINO/c1-2-9(5-6-13)16-12(17)10-4-3-8(14)7-11(10)15/h3-4,7,9H,2,5-6H2,1H3,(H,16,17). The van der Waals surface area contributed by atoms with Crippen LogP contribution in [0.15, 0.2) is 18.2 Å². The Labute approximate surface area is 123 Å². The fourth-order valence-electron chi connectivity index (χ4n) is 1.45. The van der Waals surface area contributed by atoms with Crippen LogP contribution >= 0.6 is 38.5 Å². The summed E-state index contributed by atoms with van der Waals surface area (Å²) in [6.45, 7) is 2.03. The third-order valence-corrected chi connectivity index (χ3v) is 3.81. The monoisotopic (exact) mass is 413 g/mol. The zero-order valence-electron chi connectivity index (χ0n) is 9.47. The van der Waals surface area contributed by atoms with Gasteiger partial charge in [-0.15, -0.1) is 0 Å². The van der Waals surface area contributed by atoms with E-state index in [1.807, 2.05) is 29.5 Å². The minimum Gasteiger partial charge on any atom is -0.349 e. The number of alkyl halides is 1. The van der Waals surface area contributed by atoms with Crippen molar-refractivity contribution in [3.8, 4) is 0 Å². The van der Waals surface area contributed by atoms with E-state index in [-0.39, 0.29) is 17.8 Å². The lowest BCUT2D eigenvalue weighted by Crippen LogP contribution is -2.35. The van der Waals surface area contributed by atoms with Crippen molar-refractivity contribution in [3.63, 3.8) is 0 Å². The maximum atomic E-state index is 12.9. The molecule has 2 nitrogen and oxygen atoms in total. The summed E-state index contributed by atoms with van der Waals surface area (Å²) in [5.74, 6) is -0.458. The molecule has 1 amide bonds. The second-order valence-electron chi connectivity index (χ2n) is 3.68. The Morgan fingerprint density at radius 3 is 2.82 bits per heavy atom. The molecule has 0 spiro atoms. The van der Waals surface area contributed by atoms with E-state index in [1.165, 1.54) is 18.2 Å². The molecule has 0 aliphatic heterocycles. The Morgan fingerprint density at radius 2 is 2.29 bits per heavy atom. The van der Waals surface area contributed by atoms with Crippen LogP contribution in [0.5, 0.6) is 0 Å². The minimum absolute atomic E-state index is 0.137. The van der Waals surface area contributed by atoms with Crippen molar-refractivity contribution in [2.75, 3.05) is 5.33 Å². The molecule has 0 aromatic heterocycles. The molecule has 1 rings (SSSR count). The van der Waals surface area contributed by atoms with Crippen molar-refractivity contribution >= 4 is 44.4 Å². The maximum absolute atomic E-state index is 12.9. The van der Waals surface area contributed by atoms with Gasteiger partial charge in [-0.05, 0) is 53.6 Å². The summed E-state index contributed by atoms with van der Waals surface area (Å²) >= 11 is 5.33. The molecule has 1 atom stereocenters. The van der Waals surface area contributed by atoms with E-state index >= 15 is 0 Å². The van der Waals surface area contributed by atoms with E-state index in [2.05, 4.69) is 21.2 Å². The van der Waals surface area contributed by atoms with Crippen LogP contribution in [0.3, 0.4) is 0 Å². The van der Waals surface area contributed by atoms with E-state index < -0.39 is 0 Å². The topological polar surface area (TPSA) is 29.1 Å². The number of nitrogens with one attached hydrogen (secondary N) is 1. The third-order valence-electron chi connectivity index (χ3n) is 2.46. The Morgan fingerprint density at radius 1 is 1.59 bits per heavy atom. The number of benzene rings is 1. The largest absolute Gasteiger partial charge is 0.349 e. The first-order valence-corrected chi connectivity index (χ1v) is 7.60. The zero-order valence-corrected chi connectivity index (χ0v) is 13.2. The number of hydrogen-bond donors (Lipinski definition) is 1. The molecule has 94 valence electrons. The predicted molar refractivity (Wildman–Crippen MR) is 79.1 cm³/mol. The second kappa shape index (κ2) is 7.31. The highest BCUT2D eigenvalue weighted by molar-refractivity contribution is 14.1. The summed E-state index contributed by atoms with van der Waals surface area (Å²) in [6, 6.07) is 4.35. The molecule has 0 radical (unpaired) electrons. The number of carbonyl (C=O) groups is 1. The van der Waals surface area contributed by atoms with E-state index in [0.717, 1.165) is 18.2 Å². The van der Waals surface area contributed by atoms with Gasteiger partial charge in [0.15, 0.2) is 0 Å². The second-order valence-corrected chi connectivity index (χ2v) is 5.64. The fraction of sp³-hybridized carbons (Fsp3) is 0.417. The molecule has 5 heteroatoms. The molecule has 17 heavy (non-hydrogen) atoms. The molecule has 0 fully saturated rings. The van der Waals surface area contributed by atoms with Gasteiger partial charge in [-0.25, -0.2) is 4.39 Å². The van der Waals surface area contributed by atoms with Gasteiger partial charge in [-0.1, -0.05) is 22.9 Å². The van der Waals surface area contributed by atoms with Crippen molar-refractivity contribution in [1.29, 1.82) is 0 Å². The summed E-state index contributed by atoms with van der Waals surface area (Å²) in [4.78, 5) is 12.0. The molecule has 0 aliphatic rings. The quantitative estimate of drug-likeness (QED) is 0.578. The van der Waals surface area contributed by atoms with Gasteiger partial charge in [0.05, 0.1) is 5.56 Å². The first kappa shape index (κ1) is 14.9. The fourth-order valence-corrected chi connectivity index (χ4v) is 2.72. The van der Waals surface area contributed by atoms with E-state index in [1.54, 1.807) is 0 Å². The van der Waals surface area contributed by atoms with Crippen LogP contribution in [0.4, 0.5) is 4.39 Å². The van der Waals surface area contributed by atoms with Gasteiger partial charge in [0.25, 0.3) is 5.91 Å². The number of hydrogen-bond acceptors (Lipinski definition) is 1. The molecule has 1 N–H and O–H groups in total. The van der Waals surface area contributed by atoms with Crippen LogP contribution in [-0.4, -0.2) is 17.3 Å². The summed E-state index contributed by atoms with van der Waals surface area (Å²) in [7, 11) is 0. The highest BCUT2D eigenvalue weighted by Crippen LogP contribution is 2.14. The van der Waals surface area contributed by atoms with Gasteiger partial charge in [0.1, 0.15) is 5.82 Å². The number of carbonyl (C=O) groups excluding carboxylic acids is 1. The molecule has 1 aromatic rings. The van der Waals surface area contributed by atoms with Crippen LogP contribution in [0.1, 0.15) is 30.1 Å². The van der Waals surface area contributed by atoms with Gasteiger partial charge in [-0.3, -0.25) is 4.79 Å². The molecular formula is C12H14BrFINO. The van der Waals surface area contributed by atoms with Gasteiger partial charge in [0.2, 0.25) is 0 Å². The summed E-state index contributed by atoms with van der Waals surface area (Å²) in [5, 5.41) is 3.80. The van der Waals surface area contributed by atoms with Crippen molar-refractivity contribution in [3.05, 3.63) is 33.1 Å². The smallest absolute Gasteiger partial charge is 0.252 e. The normalized spacial score (nSPS) is 12.2. The molecule has 1 unspecified atom stereocenters. The molecule has 0 saturated heterocycles. The van der Waals surface area contributed by atoms with Crippen LogP contribution in [-0.2, 0) is 0 Å². The van der Waals surface area contributed by atoms with Crippen LogP contribution < -0.4 is 5.32 Å². The lowest BCUT2D eigenvalue weighted by molar-refractivity contribution is 0.0934. The Kier molecular flexibility index (Phi) is 6.40. The van der Waals surface area contributed by atoms with E-state index in [9.17, 15) is 9.18 Å². The predicted octanol–water partition coefficient (Wildman–Crippen LogP) is 3.72. The minimum atomic E-state index is -0.321. The van der Waals surface area contributed by atoms with Crippen molar-refractivity contribution in [1.82, 2.24) is 5.32 Å². The number of halogens is 3. The molecule has 0 bridgehead atoms. The summed E-state index contributed by atoms with van der Waals surface area (Å²) < 4.78 is 13.6. The SMILES string of the molecule is CCC(CCBr)NC(=O)c1ccc(F)cc1I. The number of rotatable bonds is 5. The van der Waals surface area contributed by atoms with Crippen LogP contribution in [0.2, 0.25) is 0 Å². The Bertz CT molecular complexity index is 400. The lowest BCUT2D eigenvalue weighted by atomic mass is 10.1. The van der Waals surface area contributed by atoms with Gasteiger partial charge < -0.3 is 5.32 Å². The summed E-state index contributed by atoms with van der Waals surface area (Å²) in [6.07, 6.45) is 1.77. The maximum Gasteiger partial charge on any atom is 0.252 e. The molecule has 0 aliphatic carbocycles. The number of amides is 1. The third kappa shape index (κ3) is 4.54. The summed E-state index contributed by atoms with van der Waals surface area (Å²) in [5.41, 5.74) is 0.528. The highest BCUT2D eigenvalue weighted by atomic mass is 127. The van der Waals surface area contributed by atoms with Gasteiger partial charge >= 0.3 is 0 Å². The van der Waals surface area contributed by atoms with Gasteiger partial charge in [0, 0.05) is 14.9 Å². The van der Waals surface area contributed by atoms with E-state index in [4.69, 9.17) is 0 Å². The zero-order chi connectivity index (χ0) is 12.8. The van der Waals surface area contributed by atoms with Gasteiger partial charge in [-0.2, -0.15) is 0 Å². The van der Waals surface area contributed by atoms with Crippen molar-refractivity contribution < 1.29 is 9.18 Å². The first-order valence-electron chi connectivity index (χ1n) is 5.40. The average Bonchev–Trinajstić information content (AvgIpc) is 2.28. The Hall–Kier alpha value is -0.170. The molecule has 0 heterocycles. The van der Waals surface area contributed by atoms with Crippen LogP contribution in [0, 0.1) is 9.39 Å². The molecule has 0 saturated carbocycles. The van der Waals surface area contributed by atoms with E-state index in [0.29, 0.717) is 9.13 Å². The van der Waals surface area contributed by atoms with Crippen molar-refractivity contribution in [2.45, 2.75) is 25.8 Å². The van der Waals surface area contributed by atoms with Crippen LogP contribution in [0.25, 0.3) is 0 Å². The Balaban J connectivity index is 2.75. The average molecular weight is 414 g/mol. The molecular weight excluding hydrogens is 400 g/mol. The van der Waals surface area contributed by atoms with Crippen molar-refractivity contribution in [2.24, 2.45) is 0 Å². The first-order chi connectivity index (χ1) is 8.08. The lowest BCUT2D eigenvalue weighted by Gasteiger charge is -2.16. The highest BCUT2D eigenvalue weighted by Gasteiger charge is 2.14. The molecule has 1 aromatic carbocycles.